The van der Waals surface area contributed by atoms with Crippen LogP contribution in [0.15, 0.2) is 15.9 Å². The van der Waals surface area contributed by atoms with Gasteiger partial charge in [0.2, 0.25) is 5.91 Å². The highest BCUT2D eigenvalue weighted by Gasteiger charge is 2.48. The van der Waals surface area contributed by atoms with Crippen molar-refractivity contribution in [3.63, 3.8) is 0 Å². The number of thiocarbonyl (C=S) groups is 1. The minimum absolute atomic E-state index is 0.0609. The Morgan fingerprint density at radius 2 is 2.33 bits per heavy atom. The SMILES string of the molecule is CN(Cc1cc(Br)cs1)C(=O)C1(C(N)=S)CCC1. The van der Waals surface area contributed by atoms with Crippen molar-refractivity contribution in [3.8, 4) is 0 Å². The van der Waals surface area contributed by atoms with Gasteiger partial charge in [0.15, 0.2) is 0 Å². The first-order chi connectivity index (χ1) is 8.45. The van der Waals surface area contributed by atoms with Gasteiger partial charge in [-0.15, -0.1) is 11.3 Å². The highest BCUT2D eigenvalue weighted by Crippen LogP contribution is 2.43. The summed E-state index contributed by atoms with van der Waals surface area (Å²) >= 11 is 10.1. The number of hydrogen-bond donors (Lipinski definition) is 1. The molecule has 18 heavy (non-hydrogen) atoms. The van der Waals surface area contributed by atoms with Crippen molar-refractivity contribution < 1.29 is 4.79 Å². The van der Waals surface area contributed by atoms with Crippen LogP contribution in [0.5, 0.6) is 0 Å². The standard InChI is InChI=1S/C12H15BrN2OS2/c1-15(6-9-5-8(13)7-18-9)11(16)12(10(14)17)3-2-4-12/h5,7H,2-4,6H2,1H3,(H2,14,17). The Hall–Kier alpha value is -0.460. The zero-order chi connectivity index (χ0) is 13.3. The normalized spacial score (nSPS) is 17.0. The van der Waals surface area contributed by atoms with E-state index in [-0.39, 0.29) is 5.91 Å². The number of hydrogen-bond acceptors (Lipinski definition) is 3. The number of amides is 1. The van der Waals surface area contributed by atoms with Crippen LogP contribution < -0.4 is 5.73 Å². The molecule has 6 heteroatoms. The maximum absolute atomic E-state index is 12.5. The van der Waals surface area contributed by atoms with Crippen molar-refractivity contribution in [2.45, 2.75) is 25.8 Å². The van der Waals surface area contributed by atoms with Crippen molar-refractivity contribution in [2.75, 3.05) is 7.05 Å². The smallest absolute Gasteiger partial charge is 0.235 e. The summed E-state index contributed by atoms with van der Waals surface area (Å²) in [6, 6.07) is 2.03. The molecule has 0 saturated heterocycles. The fourth-order valence-corrected chi connectivity index (χ4v) is 4.00. The highest BCUT2D eigenvalue weighted by molar-refractivity contribution is 9.10. The van der Waals surface area contributed by atoms with Gasteiger partial charge in [-0.1, -0.05) is 18.6 Å². The summed E-state index contributed by atoms with van der Waals surface area (Å²) in [5, 5.41) is 2.01. The lowest BCUT2D eigenvalue weighted by atomic mass is 9.67. The highest BCUT2D eigenvalue weighted by atomic mass is 79.9. The molecule has 0 spiro atoms. The van der Waals surface area contributed by atoms with Gasteiger partial charge < -0.3 is 10.6 Å². The quantitative estimate of drug-likeness (QED) is 0.852. The average Bonchev–Trinajstić information content (AvgIpc) is 2.61. The molecule has 1 aliphatic rings. The Labute approximate surface area is 124 Å². The second-order valence-corrected chi connectivity index (χ2v) is 7.04. The third kappa shape index (κ3) is 2.46. The molecule has 1 aliphatic carbocycles. The van der Waals surface area contributed by atoms with Crippen LogP contribution >= 0.6 is 39.5 Å². The van der Waals surface area contributed by atoms with Crippen LogP contribution in [0.25, 0.3) is 0 Å². The van der Waals surface area contributed by atoms with E-state index in [1.807, 2.05) is 18.5 Å². The summed E-state index contributed by atoms with van der Waals surface area (Å²) in [6.45, 7) is 0.611. The van der Waals surface area contributed by atoms with E-state index in [9.17, 15) is 4.79 Å². The van der Waals surface area contributed by atoms with Crippen LogP contribution in [0.1, 0.15) is 24.1 Å². The van der Waals surface area contributed by atoms with Gasteiger partial charge in [-0.2, -0.15) is 0 Å². The molecule has 1 saturated carbocycles. The molecule has 0 atom stereocenters. The van der Waals surface area contributed by atoms with E-state index in [0.29, 0.717) is 11.5 Å². The van der Waals surface area contributed by atoms with Gasteiger partial charge in [0.05, 0.1) is 16.9 Å². The van der Waals surface area contributed by atoms with Gasteiger partial charge in [0.25, 0.3) is 0 Å². The third-order valence-corrected chi connectivity index (χ3v) is 5.52. The molecule has 2 N–H and O–H groups in total. The van der Waals surface area contributed by atoms with Crippen molar-refractivity contribution >= 4 is 50.4 Å². The van der Waals surface area contributed by atoms with Gasteiger partial charge >= 0.3 is 0 Å². The lowest BCUT2D eigenvalue weighted by molar-refractivity contribution is -0.141. The van der Waals surface area contributed by atoms with E-state index >= 15 is 0 Å². The molecule has 0 aliphatic heterocycles. The first kappa shape index (κ1) is 14.0. The summed E-state index contributed by atoms with van der Waals surface area (Å²) in [5.41, 5.74) is 5.18. The zero-order valence-electron chi connectivity index (χ0n) is 10.1. The van der Waals surface area contributed by atoms with E-state index in [0.717, 1.165) is 28.6 Å². The average molecular weight is 347 g/mol. The van der Waals surface area contributed by atoms with E-state index in [1.165, 1.54) is 0 Å². The summed E-state index contributed by atoms with van der Waals surface area (Å²) in [5.74, 6) is 0.0609. The van der Waals surface area contributed by atoms with Crippen LogP contribution in [-0.4, -0.2) is 22.8 Å². The Morgan fingerprint density at radius 1 is 1.67 bits per heavy atom. The minimum atomic E-state index is -0.571. The van der Waals surface area contributed by atoms with E-state index in [1.54, 1.807) is 16.2 Å². The van der Waals surface area contributed by atoms with Gasteiger partial charge in [-0.3, -0.25) is 4.79 Å². The molecule has 0 radical (unpaired) electrons. The number of nitrogens with two attached hydrogens (primary N) is 1. The van der Waals surface area contributed by atoms with E-state index < -0.39 is 5.41 Å². The number of nitrogens with zero attached hydrogens (tertiary/aromatic N) is 1. The van der Waals surface area contributed by atoms with Crippen molar-refractivity contribution in [3.05, 3.63) is 20.8 Å². The Bertz CT molecular complexity index is 482. The number of thiophene rings is 1. The van der Waals surface area contributed by atoms with Gasteiger partial charge in [0, 0.05) is 21.8 Å². The second kappa shape index (κ2) is 5.27. The van der Waals surface area contributed by atoms with Crippen molar-refractivity contribution in [1.82, 2.24) is 4.90 Å². The summed E-state index contributed by atoms with van der Waals surface area (Å²) in [4.78, 5) is 15.7. The molecule has 3 nitrogen and oxygen atoms in total. The molecule has 1 fully saturated rings. The molecular weight excluding hydrogens is 332 g/mol. The zero-order valence-corrected chi connectivity index (χ0v) is 13.3. The second-order valence-electron chi connectivity index (χ2n) is 4.69. The van der Waals surface area contributed by atoms with Gasteiger partial charge in [-0.05, 0) is 34.8 Å². The Balaban J connectivity index is 2.07. The molecule has 1 aromatic rings. The summed E-state index contributed by atoms with van der Waals surface area (Å²) in [7, 11) is 1.81. The lowest BCUT2D eigenvalue weighted by Gasteiger charge is -2.41. The summed E-state index contributed by atoms with van der Waals surface area (Å²) in [6.07, 6.45) is 2.61. The molecule has 1 aromatic heterocycles. The molecule has 1 amide bonds. The lowest BCUT2D eigenvalue weighted by Crippen LogP contribution is -2.53. The Kier molecular flexibility index (Phi) is 4.08. The number of rotatable bonds is 4. The van der Waals surface area contributed by atoms with Gasteiger partial charge in [-0.25, -0.2) is 0 Å². The maximum Gasteiger partial charge on any atom is 0.235 e. The molecule has 0 aromatic carbocycles. The number of halogens is 1. The molecule has 0 bridgehead atoms. The van der Waals surface area contributed by atoms with Crippen LogP contribution in [0.4, 0.5) is 0 Å². The predicted molar refractivity (Wildman–Crippen MR) is 81.6 cm³/mol. The Morgan fingerprint density at radius 3 is 2.72 bits per heavy atom. The molecule has 2 rings (SSSR count). The van der Waals surface area contributed by atoms with Crippen molar-refractivity contribution in [1.29, 1.82) is 0 Å². The first-order valence-corrected chi connectivity index (χ1v) is 7.82. The van der Waals surface area contributed by atoms with Gasteiger partial charge in [0.1, 0.15) is 0 Å². The molecule has 1 heterocycles. The first-order valence-electron chi connectivity index (χ1n) is 5.74. The molecular formula is C12H15BrN2OS2. The fraction of sp³-hybridized carbons (Fsp3) is 0.500. The van der Waals surface area contributed by atoms with Crippen molar-refractivity contribution in [2.24, 2.45) is 11.1 Å². The van der Waals surface area contributed by atoms with Crippen LogP contribution in [0.3, 0.4) is 0 Å². The monoisotopic (exact) mass is 346 g/mol. The summed E-state index contributed by atoms with van der Waals surface area (Å²) < 4.78 is 1.05. The topological polar surface area (TPSA) is 46.3 Å². The van der Waals surface area contributed by atoms with E-state index in [4.69, 9.17) is 18.0 Å². The van der Waals surface area contributed by atoms with Crippen LogP contribution in [-0.2, 0) is 11.3 Å². The fourth-order valence-electron chi connectivity index (χ4n) is 2.20. The van der Waals surface area contributed by atoms with E-state index in [2.05, 4.69) is 15.9 Å². The number of carbonyl (C=O) groups is 1. The van der Waals surface area contributed by atoms with Crippen LogP contribution in [0.2, 0.25) is 0 Å². The minimum Gasteiger partial charge on any atom is -0.392 e. The van der Waals surface area contributed by atoms with Crippen LogP contribution in [0, 0.1) is 5.41 Å². The largest absolute Gasteiger partial charge is 0.392 e. The number of carbonyl (C=O) groups excluding carboxylic acids is 1. The maximum atomic E-state index is 12.5. The predicted octanol–water partition coefficient (Wildman–Crippen LogP) is 2.93. The molecule has 0 unspecified atom stereocenters. The molecule has 98 valence electrons. The third-order valence-electron chi connectivity index (χ3n) is 3.45.